The number of allylic oxidation sites excluding steroid dienone is 1. The van der Waals surface area contributed by atoms with Gasteiger partial charge in [0, 0.05) is 24.6 Å². The van der Waals surface area contributed by atoms with Gasteiger partial charge in [-0.1, -0.05) is 37.1 Å². The van der Waals surface area contributed by atoms with Crippen LogP contribution < -0.4 is 20.1 Å². The average Bonchev–Trinajstić information content (AvgIpc) is 4.02. The zero-order chi connectivity index (χ0) is 38.4. The first-order valence-electron chi connectivity index (χ1n) is 18.3. The van der Waals surface area contributed by atoms with Crippen LogP contribution in [0.3, 0.4) is 0 Å². The molecule has 290 valence electrons. The van der Waals surface area contributed by atoms with Gasteiger partial charge >= 0.3 is 6.18 Å². The molecule has 2 aliphatic carbocycles. The molecule has 0 bridgehead atoms. The van der Waals surface area contributed by atoms with Crippen molar-refractivity contribution in [3.8, 4) is 6.01 Å². The minimum absolute atomic E-state index is 0.0338. The molecule has 3 aromatic rings. The molecule has 3 fully saturated rings. The molecular weight excluding hydrogens is 733 g/mol. The molecule has 0 radical (unpaired) electrons. The number of imidazole rings is 1. The first-order valence-corrected chi connectivity index (χ1v) is 19.8. The van der Waals surface area contributed by atoms with Crippen molar-refractivity contribution in [2.24, 2.45) is 5.92 Å². The lowest BCUT2D eigenvalue weighted by molar-refractivity contribution is -0.140. The molecule has 17 heteroatoms. The van der Waals surface area contributed by atoms with Crippen molar-refractivity contribution in [1.29, 1.82) is 0 Å². The van der Waals surface area contributed by atoms with Gasteiger partial charge in [-0.15, -0.1) is 0 Å². The summed E-state index contributed by atoms with van der Waals surface area (Å²) in [5.74, 6) is -3.83. The molecule has 1 saturated heterocycles. The molecule has 1 aromatic heterocycles. The lowest BCUT2D eigenvalue weighted by Crippen LogP contribution is -2.57. The summed E-state index contributed by atoms with van der Waals surface area (Å²) in [7, 11) is -3.94. The van der Waals surface area contributed by atoms with Crippen LogP contribution in [0, 0.1) is 11.7 Å². The van der Waals surface area contributed by atoms with Gasteiger partial charge in [0.05, 0.1) is 28.4 Å². The number of aryl methyl sites for hydroxylation is 1. The first-order chi connectivity index (χ1) is 25.7. The van der Waals surface area contributed by atoms with E-state index in [4.69, 9.17) is 4.74 Å². The summed E-state index contributed by atoms with van der Waals surface area (Å²) in [4.78, 5) is 48.4. The number of fused-ring (bicyclic) bond motifs is 3. The van der Waals surface area contributed by atoms with Gasteiger partial charge in [0.2, 0.25) is 21.8 Å². The predicted octanol–water partition coefficient (Wildman–Crippen LogP) is 5.05. The van der Waals surface area contributed by atoms with E-state index in [-0.39, 0.29) is 37.5 Å². The second-order valence-electron chi connectivity index (χ2n) is 14.5. The molecular formula is C37H42F4N6O6S. The van der Waals surface area contributed by atoms with Gasteiger partial charge in [-0.2, -0.15) is 18.2 Å². The van der Waals surface area contributed by atoms with Crippen LogP contribution in [0.2, 0.25) is 0 Å². The van der Waals surface area contributed by atoms with Crippen molar-refractivity contribution in [3.63, 3.8) is 0 Å². The highest BCUT2D eigenvalue weighted by atomic mass is 32.2. The fourth-order valence-electron chi connectivity index (χ4n) is 7.48. The molecule has 3 N–H and O–H groups in total. The largest absolute Gasteiger partial charge is 0.459 e. The van der Waals surface area contributed by atoms with E-state index in [0.717, 1.165) is 17.6 Å². The van der Waals surface area contributed by atoms with Crippen LogP contribution in [0.15, 0.2) is 54.6 Å². The third kappa shape index (κ3) is 7.77. The highest BCUT2D eigenvalue weighted by Gasteiger charge is 2.62. The summed E-state index contributed by atoms with van der Waals surface area (Å²) in [6, 6.07) is 7.28. The number of hydrogen-bond acceptors (Lipinski definition) is 8. The fourth-order valence-corrected chi connectivity index (χ4v) is 8.85. The molecule has 5 atom stereocenters. The lowest BCUT2D eigenvalue weighted by atomic mass is 10.0. The van der Waals surface area contributed by atoms with Gasteiger partial charge in [0.1, 0.15) is 29.5 Å². The second-order valence-corrected chi connectivity index (χ2v) is 16.5. The maximum Gasteiger partial charge on any atom is 0.416 e. The normalized spacial score (nSPS) is 27.2. The smallest absolute Gasteiger partial charge is 0.416 e. The molecule has 12 nitrogen and oxygen atoms in total. The van der Waals surface area contributed by atoms with Crippen molar-refractivity contribution in [2.75, 3.05) is 11.9 Å². The summed E-state index contributed by atoms with van der Waals surface area (Å²) in [5.41, 5.74) is -1.56. The quantitative estimate of drug-likeness (QED) is 0.213. The third-order valence-electron chi connectivity index (χ3n) is 10.6. The van der Waals surface area contributed by atoms with Gasteiger partial charge < -0.3 is 20.3 Å². The van der Waals surface area contributed by atoms with E-state index in [0.29, 0.717) is 56.7 Å². The Morgan fingerprint density at radius 1 is 1.09 bits per heavy atom. The maximum atomic E-state index is 14.5. The molecule has 0 spiro atoms. The van der Waals surface area contributed by atoms with Crippen LogP contribution in [0.1, 0.15) is 70.3 Å². The summed E-state index contributed by atoms with van der Waals surface area (Å²) < 4.78 is 91.3. The second kappa shape index (κ2) is 14.5. The molecule has 3 amide bonds. The topological polar surface area (TPSA) is 152 Å². The number of para-hydroxylation sites is 2. The predicted molar refractivity (Wildman–Crippen MR) is 190 cm³/mol. The van der Waals surface area contributed by atoms with Crippen molar-refractivity contribution < 1.29 is 45.1 Å². The minimum atomic E-state index is -4.84. The Morgan fingerprint density at radius 2 is 1.87 bits per heavy atom. The zero-order valence-electron chi connectivity index (χ0n) is 29.6. The molecule has 4 aliphatic rings. The van der Waals surface area contributed by atoms with Gasteiger partial charge in [0.25, 0.3) is 11.9 Å². The van der Waals surface area contributed by atoms with Crippen LogP contribution in [0.5, 0.6) is 6.01 Å². The van der Waals surface area contributed by atoms with Crippen LogP contribution >= 0.6 is 0 Å². The van der Waals surface area contributed by atoms with Gasteiger partial charge in [-0.3, -0.25) is 23.7 Å². The third-order valence-corrected chi connectivity index (χ3v) is 12.4. The van der Waals surface area contributed by atoms with Crippen LogP contribution in [0.25, 0.3) is 11.0 Å². The number of alkyl halides is 3. The van der Waals surface area contributed by atoms with Crippen molar-refractivity contribution in [2.45, 2.75) is 106 Å². The Bertz CT molecular complexity index is 2090. The highest BCUT2D eigenvalue weighted by Crippen LogP contribution is 2.46. The van der Waals surface area contributed by atoms with Gasteiger partial charge in [0.15, 0.2) is 0 Å². The van der Waals surface area contributed by atoms with E-state index >= 15 is 0 Å². The van der Waals surface area contributed by atoms with E-state index in [1.54, 1.807) is 6.08 Å². The summed E-state index contributed by atoms with van der Waals surface area (Å²) >= 11 is 0. The Labute approximate surface area is 309 Å². The number of amides is 3. The molecule has 2 aromatic carbocycles. The number of rotatable bonds is 8. The van der Waals surface area contributed by atoms with Crippen LogP contribution in [-0.2, 0) is 37.1 Å². The number of benzene rings is 2. The molecule has 7 rings (SSSR count). The minimum Gasteiger partial charge on any atom is -0.459 e. The number of anilines is 1. The molecule has 2 saturated carbocycles. The number of nitrogens with zero attached hydrogens (tertiary/aromatic N) is 3. The average molecular weight is 775 g/mol. The standard InChI is InChI=1S/C37H42F4N6O6S/c1-2-46-30-13-9-8-11-28(30)43-35(46)53-26-19-31-32(48)44-36(34(50)45-54(51,52)27-14-15-27)20-22(36)10-6-4-3-5-7-12-29(33(49)47(31)21-26)42-25-17-23(37(39,40)41)16-24(38)18-25/h6,8-11,13,16-18,22,26-27,29,31,42H,2-5,7,12,14-15,19-21H2,1H3,(H,44,48)(H,45,50)/b10-6-/t22-,26+,29-,31-,36+/m0/s1. The van der Waals surface area contributed by atoms with E-state index in [9.17, 15) is 40.4 Å². The maximum absolute atomic E-state index is 14.5. The Hall–Kier alpha value is -4.67. The number of sulfonamides is 1. The number of aromatic nitrogens is 2. The number of carbonyl (C=O) groups excluding carboxylic acids is 3. The molecule has 54 heavy (non-hydrogen) atoms. The number of hydrogen-bond donors (Lipinski definition) is 3. The van der Waals surface area contributed by atoms with Crippen molar-refractivity contribution in [3.05, 3.63) is 66.0 Å². The van der Waals surface area contributed by atoms with Crippen molar-refractivity contribution >= 4 is 44.5 Å². The molecule has 3 heterocycles. The number of halogens is 4. The Kier molecular flexibility index (Phi) is 10.1. The van der Waals surface area contributed by atoms with Gasteiger partial charge in [-0.05, 0) is 75.8 Å². The van der Waals surface area contributed by atoms with Crippen LogP contribution in [0.4, 0.5) is 23.2 Å². The Morgan fingerprint density at radius 3 is 2.61 bits per heavy atom. The fraction of sp³-hybridized carbons (Fsp3) is 0.514. The van der Waals surface area contributed by atoms with Crippen molar-refractivity contribution in [1.82, 2.24) is 24.5 Å². The van der Waals surface area contributed by atoms with E-state index in [2.05, 4.69) is 20.3 Å². The highest BCUT2D eigenvalue weighted by molar-refractivity contribution is 7.91. The van der Waals surface area contributed by atoms with E-state index < -0.39 is 80.2 Å². The summed E-state index contributed by atoms with van der Waals surface area (Å²) in [5, 5.41) is 4.95. The lowest BCUT2D eigenvalue weighted by Gasteiger charge is -2.30. The number of ether oxygens (including phenoxy) is 1. The molecule has 2 aliphatic heterocycles. The van der Waals surface area contributed by atoms with Gasteiger partial charge in [-0.25, -0.2) is 12.8 Å². The summed E-state index contributed by atoms with van der Waals surface area (Å²) in [6.45, 7) is 2.31. The van der Waals surface area contributed by atoms with E-state index in [1.165, 1.54) is 4.90 Å². The number of nitrogens with one attached hydrogen (secondary N) is 3. The Balaban J connectivity index is 1.22. The summed E-state index contributed by atoms with van der Waals surface area (Å²) in [6.07, 6.45) is 1.61. The van der Waals surface area contributed by atoms with Crippen LogP contribution in [-0.4, -0.2) is 76.1 Å². The van der Waals surface area contributed by atoms with E-state index in [1.807, 2.05) is 41.8 Å². The SMILES string of the molecule is CCn1c(O[C@@H]2C[C@H]3C(=O)N[C@]4(C(=O)NS(=O)(=O)C5CC5)C[C@@H]4/C=C\CCCCC[C@H](Nc4cc(F)cc(C(F)(F)F)c4)C(=O)N3C2)nc2ccccc21. The monoisotopic (exact) mass is 774 g/mol. The molecule has 0 unspecified atom stereocenters. The zero-order valence-corrected chi connectivity index (χ0v) is 30.4. The first kappa shape index (κ1) is 37.6. The number of carbonyl (C=O) groups is 3.